The Balaban J connectivity index is 0.00000280. The van der Waals surface area contributed by atoms with Gasteiger partial charge in [-0.05, 0) is 48.7 Å². The van der Waals surface area contributed by atoms with Crippen molar-refractivity contribution in [1.82, 2.24) is 4.90 Å². The van der Waals surface area contributed by atoms with Crippen LogP contribution in [0.4, 0.5) is 5.69 Å². The van der Waals surface area contributed by atoms with Gasteiger partial charge in [0.1, 0.15) is 5.75 Å². The van der Waals surface area contributed by atoms with Gasteiger partial charge in [0, 0.05) is 36.1 Å². The average Bonchev–Trinajstić information content (AvgIpc) is 2.70. The SMILES string of the molecule is Cl.NCc1ccc(C(=O)N2CCC(C(=O)Nc3cc(Cl)ccc3O)CC2)cc1. The zero-order valence-electron chi connectivity index (χ0n) is 15.2. The highest BCUT2D eigenvalue weighted by molar-refractivity contribution is 6.31. The van der Waals surface area contributed by atoms with Crippen LogP contribution in [0.15, 0.2) is 42.5 Å². The van der Waals surface area contributed by atoms with Crippen LogP contribution in [0.5, 0.6) is 5.75 Å². The Morgan fingerprint density at radius 3 is 2.39 bits per heavy atom. The van der Waals surface area contributed by atoms with E-state index in [4.69, 9.17) is 17.3 Å². The fourth-order valence-electron chi connectivity index (χ4n) is 3.15. The summed E-state index contributed by atoms with van der Waals surface area (Å²) in [4.78, 5) is 26.8. The number of nitrogens with zero attached hydrogens (tertiary/aromatic N) is 1. The number of aromatic hydroxyl groups is 1. The van der Waals surface area contributed by atoms with Gasteiger partial charge >= 0.3 is 0 Å². The number of rotatable bonds is 4. The summed E-state index contributed by atoms with van der Waals surface area (Å²) in [5, 5.41) is 13.0. The number of anilines is 1. The Bertz CT molecular complexity index is 835. The second kappa shape index (κ2) is 9.78. The third-order valence-corrected chi connectivity index (χ3v) is 5.04. The number of carbonyl (C=O) groups excluding carboxylic acids is 2. The van der Waals surface area contributed by atoms with E-state index in [1.54, 1.807) is 23.1 Å². The first-order chi connectivity index (χ1) is 13.0. The van der Waals surface area contributed by atoms with Crippen molar-refractivity contribution in [3.8, 4) is 5.75 Å². The number of nitrogens with two attached hydrogens (primary N) is 1. The van der Waals surface area contributed by atoms with Crippen LogP contribution in [0, 0.1) is 5.92 Å². The molecule has 1 heterocycles. The van der Waals surface area contributed by atoms with Crippen LogP contribution in [0.1, 0.15) is 28.8 Å². The van der Waals surface area contributed by atoms with Gasteiger partial charge in [0.05, 0.1) is 5.69 Å². The van der Waals surface area contributed by atoms with Crippen molar-refractivity contribution < 1.29 is 14.7 Å². The highest BCUT2D eigenvalue weighted by atomic mass is 35.5. The molecular formula is C20H23Cl2N3O3. The summed E-state index contributed by atoms with van der Waals surface area (Å²) in [6.07, 6.45) is 1.14. The van der Waals surface area contributed by atoms with E-state index >= 15 is 0 Å². The third kappa shape index (κ3) is 5.16. The first kappa shape index (κ1) is 22.0. The number of hydrogen-bond donors (Lipinski definition) is 3. The highest BCUT2D eigenvalue weighted by Crippen LogP contribution is 2.28. The second-order valence-corrected chi connectivity index (χ2v) is 7.05. The van der Waals surface area contributed by atoms with Crippen molar-refractivity contribution in [1.29, 1.82) is 0 Å². The number of likely N-dealkylation sites (tertiary alicyclic amines) is 1. The lowest BCUT2D eigenvalue weighted by Gasteiger charge is -2.31. The predicted molar refractivity (Wildman–Crippen MR) is 112 cm³/mol. The number of benzene rings is 2. The largest absolute Gasteiger partial charge is 0.506 e. The minimum absolute atomic E-state index is 0. The highest BCUT2D eigenvalue weighted by Gasteiger charge is 2.28. The van der Waals surface area contributed by atoms with Crippen LogP contribution in [0.25, 0.3) is 0 Å². The van der Waals surface area contributed by atoms with E-state index in [2.05, 4.69) is 5.32 Å². The summed E-state index contributed by atoms with van der Waals surface area (Å²) in [6, 6.07) is 11.8. The van der Waals surface area contributed by atoms with Gasteiger partial charge in [-0.15, -0.1) is 12.4 Å². The number of phenols is 1. The maximum Gasteiger partial charge on any atom is 0.253 e. The molecule has 3 rings (SSSR count). The molecule has 0 saturated carbocycles. The molecule has 1 aliphatic heterocycles. The van der Waals surface area contributed by atoms with Crippen LogP contribution in [-0.2, 0) is 11.3 Å². The molecule has 0 radical (unpaired) electrons. The molecule has 0 spiro atoms. The molecule has 1 saturated heterocycles. The normalized spacial score (nSPS) is 14.3. The Labute approximate surface area is 175 Å². The van der Waals surface area contributed by atoms with Gasteiger partial charge in [0.2, 0.25) is 5.91 Å². The first-order valence-corrected chi connectivity index (χ1v) is 9.23. The summed E-state index contributed by atoms with van der Waals surface area (Å²) in [5.41, 5.74) is 7.48. The van der Waals surface area contributed by atoms with Crippen LogP contribution in [-0.4, -0.2) is 34.9 Å². The van der Waals surface area contributed by atoms with Crippen molar-refractivity contribution in [2.75, 3.05) is 18.4 Å². The number of piperidine rings is 1. The zero-order valence-corrected chi connectivity index (χ0v) is 16.8. The molecule has 2 amide bonds. The second-order valence-electron chi connectivity index (χ2n) is 6.62. The summed E-state index contributed by atoms with van der Waals surface area (Å²) in [7, 11) is 0. The molecule has 4 N–H and O–H groups in total. The molecular weight excluding hydrogens is 401 g/mol. The number of amides is 2. The fraction of sp³-hybridized carbons (Fsp3) is 0.300. The van der Waals surface area contributed by atoms with Crippen molar-refractivity contribution in [3.05, 3.63) is 58.6 Å². The molecule has 6 nitrogen and oxygen atoms in total. The maximum atomic E-state index is 12.6. The van der Waals surface area contributed by atoms with Gasteiger partial charge in [0.15, 0.2) is 0 Å². The van der Waals surface area contributed by atoms with E-state index in [-0.39, 0.29) is 35.9 Å². The average molecular weight is 424 g/mol. The molecule has 8 heteroatoms. The van der Waals surface area contributed by atoms with Crippen molar-refractivity contribution >= 4 is 41.5 Å². The number of halogens is 2. The van der Waals surface area contributed by atoms with Crippen molar-refractivity contribution in [2.24, 2.45) is 11.7 Å². The first-order valence-electron chi connectivity index (χ1n) is 8.85. The van der Waals surface area contributed by atoms with E-state index in [1.807, 2.05) is 12.1 Å². The number of hydrogen-bond acceptors (Lipinski definition) is 4. The van der Waals surface area contributed by atoms with E-state index in [9.17, 15) is 14.7 Å². The number of carbonyl (C=O) groups is 2. The number of phenolic OH excluding ortho intramolecular Hbond substituents is 1. The van der Waals surface area contributed by atoms with Gasteiger partial charge in [-0.3, -0.25) is 9.59 Å². The Morgan fingerprint density at radius 1 is 1.14 bits per heavy atom. The molecule has 0 bridgehead atoms. The van der Waals surface area contributed by atoms with E-state index in [1.165, 1.54) is 12.1 Å². The number of nitrogens with one attached hydrogen (secondary N) is 1. The standard InChI is InChI=1S/C20H22ClN3O3.ClH/c21-16-5-6-18(25)17(11-16)23-19(26)14-7-9-24(10-8-14)20(27)15-3-1-13(12-22)2-4-15;/h1-6,11,14,25H,7-10,12,22H2,(H,23,26);1H. The quantitative estimate of drug-likeness (QED) is 0.656. The molecule has 2 aromatic rings. The van der Waals surface area contributed by atoms with Gasteiger partial charge in [-0.1, -0.05) is 23.7 Å². The van der Waals surface area contributed by atoms with Gasteiger partial charge in [-0.2, -0.15) is 0 Å². The lowest BCUT2D eigenvalue weighted by Crippen LogP contribution is -2.41. The predicted octanol–water partition coefficient (Wildman–Crippen LogP) is 3.42. The van der Waals surface area contributed by atoms with Gasteiger partial charge < -0.3 is 21.1 Å². The molecule has 1 fully saturated rings. The van der Waals surface area contributed by atoms with Crippen LogP contribution >= 0.6 is 24.0 Å². The lowest BCUT2D eigenvalue weighted by molar-refractivity contribution is -0.121. The molecule has 2 aromatic carbocycles. The monoisotopic (exact) mass is 423 g/mol. The zero-order chi connectivity index (χ0) is 19.4. The van der Waals surface area contributed by atoms with Gasteiger partial charge in [-0.25, -0.2) is 0 Å². The third-order valence-electron chi connectivity index (χ3n) is 4.81. The topological polar surface area (TPSA) is 95.7 Å². The Kier molecular flexibility index (Phi) is 7.69. The van der Waals surface area contributed by atoms with E-state index < -0.39 is 0 Å². The van der Waals surface area contributed by atoms with E-state index in [0.29, 0.717) is 48.7 Å². The summed E-state index contributed by atoms with van der Waals surface area (Å²) < 4.78 is 0. The minimum Gasteiger partial charge on any atom is -0.506 e. The molecule has 28 heavy (non-hydrogen) atoms. The Morgan fingerprint density at radius 2 is 1.79 bits per heavy atom. The smallest absolute Gasteiger partial charge is 0.253 e. The van der Waals surface area contributed by atoms with Gasteiger partial charge in [0.25, 0.3) is 5.91 Å². The lowest BCUT2D eigenvalue weighted by atomic mass is 9.95. The van der Waals surface area contributed by atoms with Crippen LogP contribution in [0.3, 0.4) is 0 Å². The summed E-state index contributed by atoms with van der Waals surface area (Å²) >= 11 is 5.90. The molecule has 0 aromatic heterocycles. The van der Waals surface area contributed by atoms with E-state index in [0.717, 1.165) is 5.56 Å². The minimum atomic E-state index is -0.216. The maximum absolute atomic E-state index is 12.6. The summed E-state index contributed by atoms with van der Waals surface area (Å²) in [6.45, 7) is 1.46. The van der Waals surface area contributed by atoms with Crippen molar-refractivity contribution in [3.63, 3.8) is 0 Å². The van der Waals surface area contributed by atoms with Crippen LogP contribution < -0.4 is 11.1 Å². The molecule has 0 aliphatic carbocycles. The Hall–Kier alpha value is -2.28. The molecule has 0 atom stereocenters. The molecule has 150 valence electrons. The molecule has 1 aliphatic rings. The molecule has 0 unspecified atom stereocenters. The van der Waals surface area contributed by atoms with Crippen LogP contribution in [0.2, 0.25) is 5.02 Å². The summed E-state index contributed by atoms with van der Waals surface area (Å²) in [5.74, 6) is -0.454. The fourth-order valence-corrected chi connectivity index (χ4v) is 3.33. The van der Waals surface area contributed by atoms with Crippen molar-refractivity contribution in [2.45, 2.75) is 19.4 Å².